The van der Waals surface area contributed by atoms with Gasteiger partial charge < -0.3 is 25.0 Å². The molecule has 1 aromatic heterocycles. The molecule has 8 heteroatoms. The lowest BCUT2D eigenvalue weighted by atomic mass is 10.4. The van der Waals surface area contributed by atoms with E-state index in [1.54, 1.807) is 6.92 Å². The Morgan fingerprint density at radius 1 is 1.33 bits per heavy atom. The van der Waals surface area contributed by atoms with Crippen LogP contribution < -0.4 is 15.1 Å². The van der Waals surface area contributed by atoms with Crippen molar-refractivity contribution in [2.45, 2.75) is 20.0 Å². The Morgan fingerprint density at radius 2 is 2.05 bits per heavy atom. The molecule has 2 heterocycles. The van der Waals surface area contributed by atoms with Crippen LogP contribution in [0.25, 0.3) is 0 Å². The van der Waals surface area contributed by atoms with Crippen molar-refractivity contribution in [1.29, 1.82) is 0 Å². The zero-order valence-electron chi connectivity index (χ0n) is 12.9. The Labute approximate surface area is 125 Å². The number of hydrogen-bond donors (Lipinski definition) is 2. The highest BCUT2D eigenvalue weighted by Gasteiger charge is 2.18. The first-order valence-electron chi connectivity index (χ1n) is 7.32. The summed E-state index contributed by atoms with van der Waals surface area (Å²) in [5.74, 6) is 1.77. The van der Waals surface area contributed by atoms with Crippen LogP contribution in [0.1, 0.15) is 13.8 Å². The van der Waals surface area contributed by atoms with E-state index in [9.17, 15) is 5.11 Å². The van der Waals surface area contributed by atoms with Crippen LogP contribution >= 0.6 is 0 Å². The quantitative estimate of drug-likeness (QED) is 0.756. The van der Waals surface area contributed by atoms with E-state index >= 15 is 0 Å². The molecule has 8 nitrogen and oxygen atoms in total. The molecule has 0 saturated carbocycles. The second-order valence-corrected chi connectivity index (χ2v) is 5.12. The van der Waals surface area contributed by atoms with E-state index in [0.717, 1.165) is 19.6 Å². The number of rotatable bonds is 6. The van der Waals surface area contributed by atoms with Gasteiger partial charge in [0.15, 0.2) is 0 Å². The second kappa shape index (κ2) is 7.37. The van der Waals surface area contributed by atoms with Gasteiger partial charge in [-0.15, -0.1) is 0 Å². The fourth-order valence-corrected chi connectivity index (χ4v) is 2.14. The third kappa shape index (κ3) is 4.40. The van der Waals surface area contributed by atoms with Gasteiger partial charge in [-0.1, -0.05) is 0 Å². The number of ether oxygens (including phenoxy) is 1. The van der Waals surface area contributed by atoms with Crippen molar-refractivity contribution in [2.75, 3.05) is 61.6 Å². The number of hydrogen-bond acceptors (Lipinski definition) is 8. The summed E-state index contributed by atoms with van der Waals surface area (Å²) in [6, 6.07) is 0. The molecule has 2 rings (SSSR count). The summed E-state index contributed by atoms with van der Waals surface area (Å²) in [6.07, 6.45) is -0.443. The fraction of sp³-hybridized carbons (Fsp3) is 0.769. The standard InChI is InChI=1S/C13H24N6O2/c1-4-14-11-15-12(18(3)9-10(2)20)17-13(16-11)19-5-7-21-8-6-19/h10,20H,4-9H2,1-3H3,(H,14,15,16,17). The number of nitrogens with zero attached hydrogens (tertiary/aromatic N) is 5. The van der Waals surface area contributed by atoms with Crippen LogP contribution in [-0.4, -0.2) is 72.6 Å². The zero-order chi connectivity index (χ0) is 15.2. The highest BCUT2D eigenvalue weighted by atomic mass is 16.5. The van der Waals surface area contributed by atoms with Crippen molar-refractivity contribution >= 4 is 17.8 Å². The van der Waals surface area contributed by atoms with Gasteiger partial charge in [0.1, 0.15) is 0 Å². The molecule has 1 aliphatic heterocycles. The molecule has 0 spiro atoms. The van der Waals surface area contributed by atoms with E-state index in [4.69, 9.17) is 4.74 Å². The zero-order valence-corrected chi connectivity index (χ0v) is 12.9. The van der Waals surface area contributed by atoms with Gasteiger partial charge in [0, 0.05) is 33.2 Å². The molecular formula is C13H24N6O2. The topological polar surface area (TPSA) is 86.6 Å². The summed E-state index contributed by atoms with van der Waals surface area (Å²) < 4.78 is 5.36. The minimum atomic E-state index is -0.443. The molecule has 0 radical (unpaired) electrons. The minimum Gasteiger partial charge on any atom is -0.392 e. The van der Waals surface area contributed by atoms with E-state index in [0.29, 0.717) is 37.6 Å². The summed E-state index contributed by atoms with van der Waals surface area (Å²) in [5.41, 5.74) is 0. The van der Waals surface area contributed by atoms with Crippen LogP contribution in [0.3, 0.4) is 0 Å². The van der Waals surface area contributed by atoms with E-state index in [-0.39, 0.29) is 0 Å². The number of aromatic nitrogens is 3. The number of aliphatic hydroxyl groups is 1. The first-order chi connectivity index (χ1) is 10.1. The average molecular weight is 296 g/mol. The third-order valence-corrected chi connectivity index (χ3v) is 3.12. The SMILES string of the molecule is CCNc1nc(N(C)CC(C)O)nc(N2CCOCC2)n1. The molecule has 1 unspecified atom stereocenters. The van der Waals surface area contributed by atoms with Crippen molar-refractivity contribution in [2.24, 2.45) is 0 Å². The van der Waals surface area contributed by atoms with Crippen molar-refractivity contribution < 1.29 is 9.84 Å². The monoisotopic (exact) mass is 296 g/mol. The average Bonchev–Trinajstić information content (AvgIpc) is 2.47. The summed E-state index contributed by atoms with van der Waals surface area (Å²) in [7, 11) is 1.86. The van der Waals surface area contributed by atoms with Gasteiger partial charge in [0.2, 0.25) is 17.8 Å². The van der Waals surface area contributed by atoms with Gasteiger partial charge in [0.05, 0.1) is 19.3 Å². The van der Waals surface area contributed by atoms with Gasteiger partial charge in [0.25, 0.3) is 0 Å². The molecule has 0 amide bonds. The summed E-state index contributed by atoms with van der Waals surface area (Å²) in [5, 5.41) is 12.6. The molecule has 1 fully saturated rings. The Morgan fingerprint density at radius 3 is 2.67 bits per heavy atom. The van der Waals surface area contributed by atoms with Crippen LogP contribution in [-0.2, 0) is 4.74 Å². The normalized spacial score (nSPS) is 16.7. The van der Waals surface area contributed by atoms with E-state index in [2.05, 4.69) is 25.2 Å². The molecule has 0 aliphatic carbocycles. The van der Waals surface area contributed by atoms with Gasteiger partial charge >= 0.3 is 0 Å². The van der Waals surface area contributed by atoms with Crippen LogP contribution in [0.15, 0.2) is 0 Å². The second-order valence-electron chi connectivity index (χ2n) is 5.12. The molecule has 1 saturated heterocycles. The lowest BCUT2D eigenvalue weighted by Gasteiger charge is -2.28. The molecular weight excluding hydrogens is 272 g/mol. The van der Waals surface area contributed by atoms with Crippen molar-refractivity contribution in [3.8, 4) is 0 Å². The van der Waals surface area contributed by atoms with Crippen molar-refractivity contribution in [3.63, 3.8) is 0 Å². The Kier molecular flexibility index (Phi) is 5.51. The largest absolute Gasteiger partial charge is 0.392 e. The first-order valence-corrected chi connectivity index (χ1v) is 7.32. The lowest BCUT2D eigenvalue weighted by molar-refractivity contribution is 0.122. The van der Waals surface area contributed by atoms with Gasteiger partial charge in [-0.2, -0.15) is 15.0 Å². The maximum absolute atomic E-state index is 9.52. The fourth-order valence-electron chi connectivity index (χ4n) is 2.14. The van der Waals surface area contributed by atoms with Crippen LogP contribution in [0.2, 0.25) is 0 Å². The summed E-state index contributed by atoms with van der Waals surface area (Å²) >= 11 is 0. The summed E-state index contributed by atoms with van der Waals surface area (Å²) in [4.78, 5) is 17.3. The maximum atomic E-state index is 9.52. The van der Waals surface area contributed by atoms with Crippen molar-refractivity contribution in [3.05, 3.63) is 0 Å². The highest BCUT2D eigenvalue weighted by molar-refractivity contribution is 5.45. The Balaban J connectivity index is 2.24. The van der Waals surface area contributed by atoms with Crippen LogP contribution in [0, 0.1) is 0 Å². The predicted octanol–water partition coefficient (Wildman–Crippen LogP) is -0.0430. The smallest absolute Gasteiger partial charge is 0.232 e. The highest BCUT2D eigenvalue weighted by Crippen LogP contribution is 2.17. The first kappa shape index (κ1) is 15.7. The minimum absolute atomic E-state index is 0.443. The number of nitrogens with one attached hydrogen (secondary N) is 1. The Hall–Kier alpha value is -1.67. The number of anilines is 3. The van der Waals surface area contributed by atoms with Crippen LogP contribution in [0.4, 0.5) is 17.8 Å². The predicted molar refractivity (Wildman–Crippen MR) is 82.0 cm³/mol. The number of morpholine rings is 1. The molecule has 118 valence electrons. The number of likely N-dealkylation sites (N-methyl/N-ethyl adjacent to an activating group) is 1. The molecule has 2 N–H and O–H groups in total. The number of aliphatic hydroxyl groups excluding tert-OH is 1. The van der Waals surface area contributed by atoms with E-state index < -0.39 is 6.10 Å². The molecule has 21 heavy (non-hydrogen) atoms. The van der Waals surface area contributed by atoms with Gasteiger partial charge in [-0.3, -0.25) is 0 Å². The van der Waals surface area contributed by atoms with E-state index in [1.165, 1.54) is 0 Å². The summed E-state index contributed by atoms with van der Waals surface area (Å²) in [6.45, 7) is 7.86. The van der Waals surface area contributed by atoms with E-state index in [1.807, 2.05) is 18.9 Å². The maximum Gasteiger partial charge on any atom is 0.232 e. The van der Waals surface area contributed by atoms with Gasteiger partial charge in [-0.05, 0) is 13.8 Å². The van der Waals surface area contributed by atoms with Crippen LogP contribution in [0.5, 0.6) is 0 Å². The van der Waals surface area contributed by atoms with Crippen molar-refractivity contribution in [1.82, 2.24) is 15.0 Å². The lowest BCUT2D eigenvalue weighted by Crippen LogP contribution is -2.38. The molecule has 1 atom stereocenters. The molecule has 0 aromatic carbocycles. The molecule has 1 aliphatic rings. The third-order valence-electron chi connectivity index (χ3n) is 3.12. The Bertz CT molecular complexity index is 450. The van der Waals surface area contributed by atoms with Gasteiger partial charge in [-0.25, -0.2) is 0 Å². The molecule has 0 bridgehead atoms. The molecule has 1 aromatic rings.